The van der Waals surface area contributed by atoms with E-state index in [4.69, 9.17) is 30.5 Å². The fourth-order valence-corrected chi connectivity index (χ4v) is 10.3. The molecule has 10 nitrogen and oxygen atoms in total. The number of hydrogen-bond acceptors (Lipinski definition) is 9. The van der Waals surface area contributed by atoms with Gasteiger partial charge in [-0.25, -0.2) is 13.1 Å². The fourth-order valence-electron chi connectivity index (χ4n) is 8.81. The molecule has 1 saturated carbocycles. The van der Waals surface area contributed by atoms with E-state index < -0.39 is 21.2 Å². The third-order valence-corrected chi connectivity index (χ3v) is 14.6. The van der Waals surface area contributed by atoms with Gasteiger partial charge in [-0.1, -0.05) is 42.8 Å². The number of carbonyl (C=O) groups is 1. The van der Waals surface area contributed by atoms with Gasteiger partial charge in [0.1, 0.15) is 17.2 Å². The first kappa shape index (κ1) is 39.5. The standard InChI is InChI=1S/C43H54ClN3O7S/c1-28-7-5-9-39(53-20-19-45-24-32-10-14-35(51-3)23-41(32)52-4)36-15-11-33(36)25-47-26-43(18-6-8-30-21-34(44)13-16-37(30)43)27-54-40-17-12-31(22-38(40)47)42(48)46-55(49,50)29(28)2/h5,9-10,12-14,16-17,21-23,28-29,33,36,39,45H,6-8,11,15,18-20,24-27H2,1-4H3,(H,46,48)/b9-5+/t28-,29+,33-,36+,39-,43-/m0/s1. The van der Waals surface area contributed by atoms with Crippen LogP contribution < -0.4 is 29.1 Å². The lowest BCUT2D eigenvalue weighted by Crippen LogP contribution is -2.50. The molecular weight excluding hydrogens is 738 g/mol. The molecule has 1 amide bonds. The van der Waals surface area contributed by atoms with E-state index >= 15 is 0 Å². The molecule has 1 fully saturated rings. The van der Waals surface area contributed by atoms with Crippen molar-refractivity contribution < 1.29 is 32.2 Å². The van der Waals surface area contributed by atoms with Crippen LogP contribution >= 0.6 is 11.6 Å². The number of ether oxygens (including phenoxy) is 4. The monoisotopic (exact) mass is 791 g/mol. The number of allylic oxidation sites excluding steroid dienone is 1. The van der Waals surface area contributed by atoms with E-state index in [2.05, 4.69) is 39.2 Å². The van der Waals surface area contributed by atoms with E-state index in [1.807, 2.05) is 43.3 Å². The van der Waals surface area contributed by atoms with Crippen molar-refractivity contribution >= 4 is 33.2 Å². The van der Waals surface area contributed by atoms with Crippen molar-refractivity contribution in [3.8, 4) is 17.2 Å². The minimum atomic E-state index is -3.96. The van der Waals surface area contributed by atoms with E-state index in [9.17, 15) is 13.2 Å². The number of hydrogen-bond donors (Lipinski definition) is 2. The Labute approximate surface area is 330 Å². The van der Waals surface area contributed by atoms with Crippen LogP contribution in [0.15, 0.2) is 66.7 Å². The van der Waals surface area contributed by atoms with Gasteiger partial charge >= 0.3 is 0 Å². The topological polar surface area (TPSA) is 115 Å². The Bertz CT molecular complexity index is 2010. The predicted octanol–water partition coefficient (Wildman–Crippen LogP) is 7.08. The number of benzene rings is 3. The van der Waals surface area contributed by atoms with Crippen molar-refractivity contribution in [2.24, 2.45) is 17.8 Å². The highest BCUT2D eigenvalue weighted by molar-refractivity contribution is 7.90. The minimum Gasteiger partial charge on any atom is -0.497 e. The second-order valence-corrected chi connectivity index (χ2v) is 18.3. The largest absolute Gasteiger partial charge is 0.497 e. The zero-order chi connectivity index (χ0) is 38.7. The van der Waals surface area contributed by atoms with Gasteiger partial charge in [-0.3, -0.25) is 4.79 Å². The van der Waals surface area contributed by atoms with Crippen molar-refractivity contribution in [1.29, 1.82) is 0 Å². The number of rotatable bonds is 8. The highest BCUT2D eigenvalue weighted by Crippen LogP contribution is 2.47. The Kier molecular flexibility index (Phi) is 12.0. The Balaban J connectivity index is 1.16. The number of aryl methyl sites for hydroxylation is 1. The Morgan fingerprint density at radius 3 is 2.69 bits per heavy atom. The number of anilines is 1. The lowest BCUT2D eigenvalue weighted by Gasteiger charge is -2.46. The fraction of sp³-hybridized carbons (Fsp3) is 0.512. The summed E-state index contributed by atoms with van der Waals surface area (Å²) in [4.78, 5) is 16.0. The maximum absolute atomic E-state index is 13.6. The van der Waals surface area contributed by atoms with E-state index in [-0.39, 0.29) is 23.4 Å². The number of amides is 1. The Morgan fingerprint density at radius 2 is 1.91 bits per heavy atom. The first-order chi connectivity index (χ1) is 26.5. The van der Waals surface area contributed by atoms with Crippen LogP contribution in [0.25, 0.3) is 0 Å². The molecule has 3 aromatic rings. The van der Waals surface area contributed by atoms with Crippen LogP contribution in [-0.4, -0.2) is 72.7 Å². The number of halogens is 1. The zero-order valence-electron chi connectivity index (χ0n) is 32.3. The van der Waals surface area contributed by atoms with Crippen LogP contribution in [0.3, 0.4) is 0 Å². The van der Waals surface area contributed by atoms with Gasteiger partial charge in [0.2, 0.25) is 10.0 Å². The van der Waals surface area contributed by atoms with Crippen LogP contribution in [0.5, 0.6) is 17.2 Å². The average molecular weight is 792 g/mol. The van der Waals surface area contributed by atoms with Gasteiger partial charge in [-0.05, 0) is 111 Å². The van der Waals surface area contributed by atoms with E-state index in [0.29, 0.717) is 56.5 Å². The predicted molar refractivity (Wildman–Crippen MR) is 216 cm³/mol. The number of nitrogens with one attached hydrogen (secondary N) is 2. The van der Waals surface area contributed by atoms with Crippen molar-refractivity contribution in [2.45, 2.75) is 75.7 Å². The Hall–Kier alpha value is -3.77. The summed E-state index contributed by atoms with van der Waals surface area (Å²) < 4.78 is 53.7. The lowest BCUT2D eigenvalue weighted by molar-refractivity contribution is -0.0127. The molecule has 55 heavy (non-hydrogen) atoms. The van der Waals surface area contributed by atoms with E-state index in [1.165, 1.54) is 11.1 Å². The first-order valence-electron chi connectivity index (χ1n) is 19.6. The Morgan fingerprint density at radius 1 is 1.05 bits per heavy atom. The summed E-state index contributed by atoms with van der Waals surface area (Å²) in [7, 11) is -0.656. The molecular formula is C43H54ClN3O7S. The molecule has 0 unspecified atom stereocenters. The van der Waals surface area contributed by atoms with Gasteiger partial charge in [0, 0.05) is 53.8 Å². The van der Waals surface area contributed by atoms with Crippen LogP contribution in [0, 0.1) is 17.8 Å². The number of fused-ring (bicyclic) bond motifs is 4. The van der Waals surface area contributed by atoms with Crippen LogP contribution in [0.4, 0.5) is 5.69 Å². The normalized spacial score (nSPS) is 28.1. The molecule has 7 rings (SSSR count). The second kappa shape index (κ2) is 16.8. The van der Waals surface area contributed by atoms with Crippen molar-refractivity contribution in [3.05, 3.63) is 94.0 Å². The van der Waals surface area contributed by atoms with Gasteiger partial charge in [0.05, 0.1) is 44.5 Å². The zero-order valence-corrected chi connectivity index (χ0v) is 33.9. The molecule has 0 saturated heterocycles. The third-order valence-electron chi connectivity index (χ3n) is 12.4. The molecule has 2 aliphatic heterocycles. The van der Waals surface area contributed by atoms with E-state index in [1.54, 1.807) is 27.2 Å². The second-order valence-electron chi connectivity index (χ2n) is 15.8. The summed E-state index contributed by atoms with van der Waals surface area (Å²) in [5, 5.41) is 3.45. The summed E-state index contributed by atoms with van der Waals surface area (Å²) in [6.07, 6.45) is 9.66. The average Bonchev–Trinajstić information content (AvgIpc) is 3.31. The molecule has 2 N–H and O–H groups in total. The summed E-state index contributed by atoms with van der Waals surface area (Å²) in [5.74, 6) is 1.97. The van der Waals surface area contributed by atoms with Gasteiger partial charge < -0.3 is 29.2 Å². The third kappa shape index (κ3) is 8.50. The molecule has 4 aliphatic rings. The highest BCUT2D eigenvalue weighted by atomic mass is 35.5. The van der Waals surface area contributed by atoms with Crippen LogP contribution in [-0.2, 0) is 33.1 Å². The molecule has 0 aromatic heterocycles. The number of methoxy groups -OCH3 is 2. The highest BCUT2D eigenvalue weighted by Gasteiger charge is 2.44. The summed E-state index contributed by atoms with van der Waals surface area (Å²) in [6, 6.07) is 17.4. The van der Waals surface area contributed by atoms with Crippen LogP contribution in [0.1, 0.15) is 73.0 Å². The summed E-state index contributed by atoms with van der Waals surface area (Å²) >= 11 is 6.48. The smallest absolute Gasteiger partial charge is 0.264 e. The quantitative estimate of drug-likeness (QED) is 0.183. The molecule has 6 atom stereocenters. The van der Waals surface area contributed by atoms with Crippen LogP contribution in [0.2, 0.25) is 5.02 Å². The SMILES string of the molecule is COc1ccc(CNCCO[C@H]2/C=C/C[C@H](C)[C@@H](C)S(=O)(=O)NC(=O)c3ccc4c(c3)N(C[C@@H]3CC[C@H]32)C[C@@]2(CCCc3cc(Cl)ccc32)CO4)c(OC)c1. The molecule has 0 radical (unpaired) electrons. The first-order valence-corrected chi connectivity index (χ1v) is 21.5. The van der Waals surface area contributed by atoms with Crippen molar-refractivity contribution in [3.63, 3.8) is 0 Å². The number of carbonyl (C=O) groups excluding carboxylic acids is 1. The van der Waals surface area contributed by atoms with E-state index in [0.717, 1.165) is 66.4 Å². The summed E-state index contributed by atoms with van der Waals surface area (Å²) in [6.45, 7) is 7.31. The number of sulfonamides is 1. The maximum atomic E-state index is 13.6. The van der Waals surface area contributed by atoms with Gasteiger partial charge in [0.25, 0.3) is 5.91 Å². The molecule has 3 aromatic carbocycles. The molecule has 296 valence electrons. The molecule has 12 heteroatoms. The molecule has 1 spiro atoms. The van der Waals surface area contributed by atoms with Gasteiger partial charge in [-0.15, -0.1) is 0 Å². The minimum absolute atomic E-state index is 0.136. The van der Waals surface area contributed by atoms with Crippen molar-refractivity contribution in [2.75, 3.05) is 52.0 Å². The van der Waals surface area contributed by atoms with Crippen molar-refractivity contribution in [1.82, 2.24) is 10.0 Å². The number of nitrogens with zero attached hydrogens (tertiary/aromatic N) is 1. The summed E-state index contributed by atoms with van der Waals surface area (Å²) in [5.41, 5.74) is 4.39. The molecule has 2 aliphatic carbocycles. The van der Waals surface area contributed by atoms with Gasteiger partial charge in [-0.2, -0.15) is 0 Å². The van der Waals surface area contributed by atoms with Gasteiger partial charge in [0.15, 0.2) is 0 Å². The lowest BCUT2D eigenvalue weighted by atomic mass is 9.68. The maximum Gasteiger partial charge on any atom is 0.264 e. The molecule has 2 heterocycles. The molecule has 2 bridgehead atoms.